The first-order valence-electron chi connectivity index (χ1n) is 16.9. The topological polar surface area (TPSA) is 15.7 Å². The van der Waals surface area contributed by atoms with Crippen molar-refractivity contribution in [3.63, 3.8) is 0 Å². The fourth-order valence-electron chi connectivity index (χ4n) is 7.64. The third kappa shape index (κ3) is 4.73. The van der Waals surface area contributed by atoms with Gasteiger partial charge in [-0.25, -0.2) is 0 Å². The van der Waals surface area contributed by atoms with Gasteiger partial charge in [0.1, 0.15) is 0 Å². The van der Waals surface area contributed by atoms with E-state index in [1.807, 2.05) is 0 Å². The van der Waals surface area contributed by atoms with Crippen LogP contribution < -0.4 is 14.5 Å². The first kappa shape index (κ1) is 29.1. The van der Waals surface area contributed by atoms with Gasteiger partial charge in [0.25, 0.3) is 0 Å². The molecule has 0 amide bonds. The standard InChI is InChI=1S/C46H36N2O/c1-31-12-10-18-42-44(31)48-41-30-35(26-29-39(41)46(2,3)40-17-11-19-43(49-42)45(40)48)34-22-20-32(21-23-34)33-24-27-38(28-25-33)47(36-13-6-4-7-14-36)37-15-8-5-9-16-37/h4-30H,1-3H3. The lowest BCUT2D eigenvalue weighted by Crippen LogP contribution is -2.32. The summed E-state index contributed by atoms with van der Waals surface area (Å²) in [6.45, 7) is 6.82. The second-order valence-corrected chi connectivity index (χ2v) is 13.5. The van der Waals surface area contributed by atoms with E-state index in [1.54, 1.807) is 0 Å². The third-order valence-corrected chi connectivity index (χ3v) is 10.2. The van der Waals surface area contributed by atoms with Crippen LogP contribution in [0.15, 0.2) is 164 Å². The number of ether oxygens (including phenoxy) is 1. The maximum Gasteiger partial charge on any atom is 0.151 e. The molecule has 2 aliphatic heterocycles. The molecule has 7 aromatic carbocycles. The van der Waals surface area contributed by atoms with Crippen molar-refractivity contribution in [1.82, 2.24) is 0 Å². The lowest BCUT2D eigenvalue weighted by molar-refractivity contribution is 0.471. The van der Waals surface area contributed by atoms with Gasteiger partial charge in [-0.05, 0) is 100 Å². The third-order valence-electron chi connectivity index (χ3n) is 10.2. The van der Waals surface area contributed by atoms with Crippen LogP contribution in [0.2, 0.25) is 0 Å². The van der Waals surface area contributed by atoms with E-state index in [0.717, 1.165) is 39.9 Å². The molecule has 0 unspecified atom stereocenters. The molecule has 9 rings (SSSR count). The summed E-state index contributed by atoms with van der Waals surface area (Å²) in [6.07, 6.45) is 0. The Bertz CT molecular complexity index is 2290. The lowest BCUT2D eigenvalue weighted by atomic mass is 9.72. The van der Waals surface area contributed by atoms with E-state index < -0.39 is 0 Å². The Morgan fingerprint density at radius 1 is 0.469 bits per heavy atom. The summed E-state index contributed by atoms with van der Waals surface area (Å²) in [6, 6.07) is 58.6. The molecular formula is C46H36N2O. The highest BCUT2D eigenvalue weighted by molar-refractivity contribution is 5.95. The zero-order valence-electron chi connectivity index (χ0n) is 27.9. The Kier molecular flexibility index (Phi) is 6.70. The van der Waals surface area contributed by atoms with E-state index in [-0.39, 0.29) is 5.41 Å². The first-order valence-corrected chi connectivity index (χ1v) is 16.9. The minimum Gasteiger partial charge on any atom is -0.453 e. The molecule has 0 radical (unpaired) electrons. The van der Waals surface area contributed by atoms with Gasteiger partial charge in [0, 0.05) is 22.5 Å². The molecule has 0 N–H and O–H groups in total. The Labute approximate surface area is 288 Å². The highest BCUT2D eigenvalue weighted by atomic mass is 16.5. The second kappa shape index (κ2) is 11.3. The number of anilines is 6. The van der Waals surface area contributed by atoms with Crippen LogP contribution in [0.25, 0.3) is 22.3 Å². The molecule has 0 aromatic heterocycles. The van der Waals surface area contributed by atoms with E-state index in [4.69, 9.17) is 4.74 Å². The van der Waals surface area contributed by atoms with Crippen molar-refractivity contribution in [2.75, 3.05) is 9.80 Å². The zero-order chi connectivity index (χ0) is 33.1. The van der Waals surface area contributed by atoms with E-state index >= 15 is 0 Å². The predicted octanol–water partition coefficient (Wildman–Crippen LogP) is 13.0. The van der Waals surface area contributed by atoms with Gasteiger partial charge in [-0.2, -0.15) is 0 Å². The summed E-state index contributed by atoms with van der Waals surface area (Å²) in [7, 11) is 0. The van der Waals surface area contributed by atoms with E-state index in [2.05, 4.69) is 194 Å². The van der Waals surface area contributed by atoms with Gasteiger partial charge in [-0.3, -0.25) is 0 Å². The molecule has 2 aliphatic rings. The van der Waals surface area contributed by atoms with E-state index in [1.165, 1.54) is 44.6 Å². The SMILES string of the molecule is Cc1cccc2c1N1c3cc(-c4ccc(-c5ccc(N(c6ccccc6)c6ccccc6)cc5)cc4)ccc3C(C)(C)c3cccc(c31)O2. The van der Waals surface area contributed by atoms with Crippen LogP contribution in [0.4, 0.5) is 34.1 Å². The Hall–Kier alpha value is -6.06. The van der Waals surface area contributed by atoms with Crippen molar-refractivity contribution in [2.24, 2.45) is 0 Å². The van der Waals surface area contributed by atoms with Crippen LogP contribution in [-0.4, -0.2) is 0 Å². The van der Waals surface area contributed by atoms with E-state index in [9.17, 15) is 0 Å². The van der Waals surface area contributed by atoms with Gasteiger partial charge in [-0.1, -0.05) is 123 Å². The van der Waals surface area contributed by atoms with Gasteiger partial charge in [0.15, 0.2) is 11.5 Å². The molecule has 0 aliphatic carbocycles. The average molecular weight is 633 g/mol. The summed E-state index contributed by atoms with van der Waals surface area (Å²) in [5.41, 5.74) is 15.3. The molecule has 0 saturated carbocycles. The molecule has 3 heteroatoms. The highest BCUT2D eigenvalue weighted by Gasteiger charge is 2.42. The number of aryl methyl sites for hydroxylation is 1. The summed E-state index contributed by atoms with van der Waals surface area (Å²) in [4.78, 5) is 4.73. The molecule has 0 saturated heterocycles. The maximum absolute atomic E-state index is 6.50. The fourth-order valence-corrected chi connectivity index (χ4v) is 7.64. The molecule has 236 valence electrons. The number of benzene rings is 7. The van der Waals surface area contributed by atoms with Crippen LogP contribution in [0.5, 0.6) is 11.5 Å². The van der Waals surface area contributed by atoms with Crippen LogP contribution in [0.1, 0.15) is 30.5 Å². The normalized spacial score (nSPS) is 13.5. The summed E-state index contributed by atoms with van der Waals surface area (Å²) in [5, 5.41) is 0. The zero-order valence-corrected chi connectivity index (χ0v) is 27.9. The Balaban J connectivity index is 1.07. The summed E-state index contributed by atoms with van der Waals surface area (Å²) < 4.78 is 6.50. The Morgan fingerprint density at radius 3 is 1.61 bits per heavy atom. The minimum absolute atomic E-state index is 0.175. The molecule has 0 atom stereocenters. The second-order valence-electron chi connectivity index (χ2n) is 13.5. The number of nitrogens with zero attached hydrogens (tertiary/aromatic N) is 2. The maximum atomic E-state index is 6.50. The van der Waals surface area contributed by atoms with Gasteiger partial charge in [0.2, 0.25) is 0 Å². The van der Waals surface area contributed by atoms with E-state index in [0.29, 0.717) is 0 Å². The molecule has 49 heavy (non-hydrogen) atoms. The van der Waals surface area contributed by atoms with Crippen LogP contribution in [-0.2, 0) is 5.41 Å². The van der Waals surface area contributed by atoms with Crippen LogP contribution >= 0.6 is 0 Å². The Morgan fingerprint density at radius 2 is 0.980 bits per heavy atom. The van der Waals surface area contributed by atoms with Gasteiger partial charge in [-0.15, -0.1) is 0 Å². The van der Waals surface area contributed by atoms with Crippen LogP contribution in [0, 0.1) is 6.92 Å². The minimum atomic E-state index is -0.175. The number of hydrogen-bond donors (Lipinski definition) is 0. The molecule has 7 aromatic rings. The molecule has 0 spiro atoms. The smallest absolute Gasteiger partial charge is 0.151 e. The van der Waals surface area contributed by atoms with Crippen molar-refractivity contribution in [1.29, 1.82) is 0 Å². The fraction of sp³-hybridized carbons (Fsp3) is 0.0870. The summed E-state index contributed by atoms with van der Waals surface area (Å²) in [5.74, 6) is 1.80. The van der Waals surface area contributed by atoms with Gasteiger partial charge < -0.3 is 14.5 Å². The van der Waals surface area contributed by atoms with Crippen molar-refractivity contribution in [2.45, 2.75) is 26.2 Å². The predicted molar refractivity (Wildman–Crippen MR) is 204 cm³/mol. The molecule has 0 bridgehead atoms. The van der Waals surface area contributed by atoms with Crippen molar-refractivity contribution in [3.05, 3.63) is 180 Å². The molecule has 0 fully saturated rings. The lowest BCUT2D eigenvalue weighted by Gasteiger charge is -2.45. The first-order chi connectivity index (χ1) is 24.0. The molecule has 2 heterocycles. The molecular weight excluding hydrogens is 597 g/mol. The monoisotopic (exact) mass is 632 g/mol. The van der Waals surface area contributed by atoms with Crippen molar-refractivity contribution in [3.8, 4) is 33.8 Å². The average Bonchev–Trinajstić information content (AvgIpc) is 3.14. The largest absolute Gasteiger partial charge is 0.453 e. The quantitative estimate of drug-likeness (QED) is 0.188. The van der Waals surface area contributed by atoms with Crippen LogP contribution in [0.3, 0.4) is 0 Å². The molecule has 3 nitrogen and oxygen atoms in total. The number of rotatable bonds is 5. The van der Waals surface area contributed by atoms with Gasteiger partial charge >= 0.3 is 0 Å². The number of hydrogen-bond acceptors (Lipinski definition) is 3. The van der Waals surface area contributed by atoms with Crippen molar-refractivity contribution < 1.29 is 4.74 Å². The van der Waals surface area contributed by atoms with Gasteiger partial charge in [0.05, 0.1) is 17.1 Å². The summed E-state index contributed by atoms with van der Waals surface area (Å²) >= 11 is 0. The number of para-hydroxylation sites is 4. The number of fused-ring (bicyclic) bond motifs is 4. The van der Waals surface area contributed by atoms with Crippen molar-refractivity contribution >= 4 is 34.1 Å². The highest BCUT2D eigenvalue weighted by Crippen LogP contribution is 2.60.